The van der Waals surface area contributed by atoms with Gasteiger partial charge in [-0.05, 0) is 37.5 Å². The van der Waals surface area contributed by atoms with Gasteiger partial charge in [-0.15, -0.1) is 0 Å². The molecule has 20 heavy (non-hydrogen) atoms. The summed E-state index contributed by atoms with van der Waals surface area (Å²) in [6.07, 6.45) is 2.85. The molecule has 0 radical (unpaired) electrons. The number of nitrogens with two attached hydrogens (primary N) is 1. The smallest absolute Gasteiger partial charge is 0.223 e. The molecule has 1 aliphatic rings. The van der Waals surface area contributed by atoms with E-state index in [9.17, 15) is 9.18 Å². The monoisotopic (exact) mass is 342 g/mol. The first kappa shape index (κ1) is 15.4. The summed E-state index contributed by atoms with van der Waals surface area (Å²) in [5.41, 5.74) is 6.75. The van der Waals surface area contributed by atoms with Crippen molar-refractivity contribution < 1.29 is 9.18 Å². The predicted octanol–water partition coefficient (Wildman–Crippen LogP) is 3.38. The molecule has 1 saturated heterocycles. The Bertz CT molecular complexity index is 495. The third-order valence-electron chi connectivity index (χ3n) is 3.73. The van der Waals surface area contributed by atoms with Crippen LogP contribution in [0.4, 0.5) is 4.39 Å². The van der Waals surface area contributed by atoms with E-state index in [1.54, 1.807) is 17.0 Å². The van der Waals surface area contributed by atoms with Crippen LogP contribution in [0, 0.1) is 5.82 Å². The van der Waals surface area contributed by atoms with Gasteiger partial charge in [-0.3, -0.25) is 4.79 Å². The Morgan fingerprint density at radius 1 is 1.50 bits per heavy atom. The second kappa shape index (κ2) is 6.68. The quantitative estimate of drug-likeness (QED) is 0.915. The van der Waals surface area contributed by atoms with Gasteiger partial charge in [0.25, 0.3) is 0 Å². The molecule has 5 heteroatoms. The summed E-state index contributed by atoms with van der Waals surface area (Å²) in [5.74, 6) is -0.228. The number of benzene rings is 1. The Kier molecular flexibility index (Phi) is 5.16. The zero-order valence-electron chi connectivity index (χ0n) is 11.6. The average molecular weight is 343 g/mol. The van der Waals surface area contributed by atoms with Gasteiger partial charge in [0.1, 0.15) is 5.82 Å². The van der Waals surface area contributed by atoms with Gasteiger partial charge in [0.05, 0.1) is 6.04 Å². The third kappa shape index (κ3) is 3.20. The lowest BCUT2D eigenvalue weighted by Gasteiger charge is -2.34. The van der Waals surface area contributed by atoms with Gasteiger partial charge in [-0.1, -0.05) is 22.9 Å². The minimum absolute atomic E-state index is 0.0733. The number of likely N-dealkylation sites (tertiary alicyclic amines) is 1. The van der Waals surface area contributed by atoms with Crippen molar-refractivity contribution in [3.8, 4) is 0 Å². The first-order chi connectivity index (χ1) is 9.54. The molecule has 0 saturated carbocycles. The lowest BCUT2D eigenvalue weighted by Crippen LogP contribution is -2.43. The maximum atomic E-state index is 14.2. The normalized spacial score (nSPS) is 23.8. The highest BCUT2D eigenvalue weighted by Gasteiger charge is 2.33. The molecular formula is C15H20BrFN2O. The van der Waals surface area contributed by atoms with Crippen LogP contribution >= 0.6 is 15.9 Å². The topological polar surface area (TPSA) is 46.3 Å². The van der Waals surface area contributed by atoms with Gasteiger partial charge >= 0.3 is 0 Å². The molecule has 0 bridgehead atoms. The molecule has 1 amide bonds. The number of rotatable bonds is 3. The van der Waals surface area contributed by atoms with Crippen LogP contribution in [0.2, 0.25) is 0 Å². The van der Waals surface area contributed by atoms with Crippen LogP contribution < -0.4 is 5.73 Å². The van der Waals surface area contributed by atoms with Crippen molar-refractivity contribution in [2.24, 2.45) is 5.73 Å². The molecule has 1 aromatic rings. The van der Waals surface area contributed by atoms with Crippen LogP contribution in [0.25, 0.3) is 0 Å². The zero-order valence-corrected chi connectivity index (χ0v) is 13.2. The molecule has 0 aromatic heterocycles. The van der Waals surface area contributed by atoms with E-state index < -0.39 is 0 Å². The zero-order chi connectivity index (χ0) is 14.7. The largest absolute Gasteiger partial charge is 0.334 e. The highest BCUT2D eigenvalue weighted by atomic mass is 79.9. The predicted molar refractivity (Wildman–Crippen MR) is 80.7 cm³/mol. The number of hydrogen-bond donors (Lipinski definition) is 1. The highest BCUT2D eigenvalue weighted by Crippen LogP contribution is 2.33. The maximum Gasteiger partial charge on any atom is 0.223 e. The van der Waals surface area contributed by atoms with E-state index in [-0.39, 0.29) is 23.8 Å². The Balaban J connectivity index is 2.45. The van der Waals surface area contributed by atoms with E-state index in [1.807, 2.05) is 6.92 Å². The molecule has 0 spiro atoms. The summed E-state index contributed by atoms with van der Waals surface area (Å²) in [6.45, 7) is 2.63. The number of amides is 1. The molecule has 2 unspecified atom stereocenters. The van der Waals surface area contributed by atoms with Gasteiger partial charge in [0.15, 0.2) is 0 Å². The van der Waals surface area contributed by atoms with Crippen LogP contribution in [0.3, 0.4) is 0 Å². The Morgan fingerprint density at radius 3 is 2.95 bits per heavy atom. The fourth-order valence-electron chi connectivity index (χ4n) is 2.82. The summed E-state index contributed by atoms with van der Waals surface area (Å²) in [4.78, 5) is 14.0. The Hall–Kier alpha value is -0.940. The molecule has 1 fully saturated rings. The number of nitrogens with zero attached hydrogens (tertiary/aromatic N) is 1. The Labute approximate surface area is 127 Å². The molecule has 2 N–H and O–H groups in total. The fourth-order valence-corrected chi connectivity index (χ4v) is 3.20. The molecule has 1 aliphatic heterocycles. The van der Waals surface area contributed by atoms with Crippen molar-refractivity contribution in [1.29, 1.82) is 0 Å². The summed E-state index contributed by atoms with van der Waals surface area (Å²) in [6, 6.07) is 4.22. The van der Waals surface area contributed by atoms with Crippen molar-refractivity contribution in [1.82, 2.24) is 4.90 Å². The lowest BCUT2D eigenvalue weighted by molar-refractivity contribution is -0.133. The van der Waals surface area contributed by atoms with Crippen molar-refractivity contribution >= 4 is 21.8 Å². The molecule has 1 heterocycles. The van der Waals surface area contributed by atoms with E-state index in [0.717, 1.165) is 23.7 Å². The summed E-state index contributed by atoms with van der Waals surface area (Å²) in [5, 5.41) is 0. The number of carbonyl (C=O) groups excluding carboxylic acids is 1. The van der Waals surface area contributed by atoms with Crippen LogP contribution in [0.15, 0.2) is 22.7 Å². The van der Waals surface area contributed by atoms with Crippen molar-refractivity contribution in [3.05, 3.63) is 34.1 Å². The van der Waals surface area contributed by atoms with Crippen LogP contribution in [-0.2, 0) is 4.79 Å². The van der Waals surface area contributed by atoms with E-state index in [1.165, 1.54) is 6.07 Å². The van der Waals surface area contributed by atoms with Crippen LogP contribution in [0.5, 0.6) is 0 Å². The Morgan fingerprint density at radius 2 is 2.25 bits per heavy atom. The SMILES string of the molecule is CCCN1C(=O)CCCC(N)C1c1cc(Br)ccc1F. The molecule has 110 valence electrons. The second-order valence-corrected chi connectivity index (χ2v) is 6.17. The van der Waals surface area contributed by atoms with E-state index in [4.69, 9.17) is 5.73 Å². The first-order valence-electron chi connectivity index (χ1n) is 7.04. The van der Waals surface area contributed by atoms with Gasteiger partial charge in [-0.2, -0.15) is 0 Å². The van der Waals surface area contributed by atoms with Crippen LogP contribution in [0.1, 0.15) is 44.2 Å². The molecule has 2 atom stereocenters. The molecular weight excluding hydrogens is 323 g/mol. The third-order valence-corrected chi connectivity index (χ3v) is 4.22. The fraction of sp³-hybridized carbons (Fsp3) is 0.533. The molecule has 1 aromatic carbocycles. The lowest BCUT2D eigenvalue weighted by atomic mass is 9.95. The van der Waals surface area contributed by atoms with E-state index in [2.05, 4.69) is 15.9 Å². The molecule has 0 aliphatic carbocycles. The maximum absolute atomic E-state index is 14.2. The van der Waals surface area contributed by atoms with Crippen LogP contribution in [-0.4, -0.2) is 23.4 Å². The highest BCUT2D eigenvalue weighted by molar-refractivity contribution is 9.10. The van der Waals surface area contributed by atoms with Crippen molar-refractivity contribution in [3.63, 3.8) is 0 Å². The minimum Gasteiger partial charge on any atom is -0.334 e. The first-order valence-corrected chi connectivity index (χ1v) is 7.84. The standard InChI is InChI=1S/C15H20BrFN2O/c1-2-8-19-14(20)5-3-4-13(18)15(19)11-9-10(16)6-7-12(11)17/h6-7,9,13,15H,2-5,8,18H2,1H3. The number of hydrogen-bond acceptors (Lipinski definition) is 2. The second-order valence-electron chi connectivity index (χ2n) is 5.25. The van der Waals surface area contributed by atoms with Crippen molar-refractivity contribution in [2.75, 3.05) is 6.54 Å². The van der Waals surface area contributed by atoms with Gasteiger partial charge in [-0.25, -0.2) is 4.39 Å². The summed E-state index contributed by atoms with van der Waals surface area (Å²) < 4.78 is 15.0. The minimum atomic E-state index is -0.373. The van der Waals surface area contributed by atoms with Gasteiger partial charge < -0.3 is 10.6 Å². The summed E-state index contributed by atoms with van der Waals surface area (Å²) in [7, 11) is 0. The molecule has 3 nitrogen and oxygen atoms in total. The molecule has 2 rings (SSSR count). The summed E-state index contributed by atoms with van der Waals surface area (Å²) >= 11 is 3.37. The van der Waals surface area contributed by atoms with Gasteiger partial charge in [0, 0.05) is 29.0 Å². The number of carbonyl (C=O) groups is 1. The van der Waals surface area contributed by atoms with Gasteiger partial charge in [0.2, 0.25) is 5.91 Å². The van der Waals surface area contributed by atoms with E-state index >= 15 is 0 Å². The van der Waals surface area contributed by atoms with Crippen molar-refractivity contribution in [2.45, 2.75) is 44.7 Å². The average Bonchev–Trinajstić information content (AvgIpc) is 2.54. The van der Waals surface area contributed by atoms with E-state index in [0.29, 0.717) is 18.5 Å². The number of halogens is 2.